The van der Waals surface area contributed by atoms with Gasteiger partial charge in [0.1, 0.15) is 5.69 Å². The molecule has 3 nitrogen and oxygen atoms in total. The van der Waals surface area contributed by atoms with Gasteiger partial charge in [0.05, 0.1) is 13.5 Å². The van der Waals surface area contributed by atoms with Gasteiger partial charge in [0.15, 0.2) is 0 Å². The number of ether oxygens (including phenoxy) is 1. The summed E-state index contributed by atoms with van der Waals surface area (Å²) < 4.78 is 29.5. The maximum absolute atomic E-state index is 12.5. The third-order valence-electron chi connectivity index (χ3n) is 1.92. The molecule has 1 aromatic heterocycles. The summed E-state index contributed by atoms with van der Waals surface area (Å²) in [6, 6.07) is 3.06. The molecule has 0 atom stereocenters. The maximum atomic E-state index is 12.5. The highest BCUT2D eigenvalue weighted by atomic mass is 19.3. The minimum atomic E-state index is -2.68. The van der Waals surface area contributed by atoms with E-state index in [0.29, 0.717) is 5.69 Å². The summed E-state index contributed by atoms with van der Waals surface area (Å²) in [5, 5.41) is 0. The van der Waals surface area contributed by atoms with E-state index in [1.54, 1.807) is 13.0 Å². The number of aryl methyl sites for hydroxylation is 1. The summed E-state index contributed by atoms with van der Waals surface area (Å²) in [7, 11) is 1.21. The van der Waals surface area contributed by atoms with Crippen LogP contribution in [0, 0.1) is 6.92 Å². The lowest BCUT2D eigenvalue weighted by molar-refractivity contribution is -0.139. The average molecular weight is 215 g/mol. The van der Waals surface area contributed by atoms with Crippen LogP contribution in [0.4, 0.5) is 8.78 Å². The lowest BCUT2D eigenvalue weighted by Gasteiger charge is -2.07. The summed E-state index contributed by atoms with van der Waals surface area (Å²) in [5.41, 5.74) is 0.363. The summed E-state index contributed by atoms with van der Waals surface area (Å²) >= 11 is 0. The molecule has 5 heteroatoms. The lowest BCUT2D eigenvalue weighted by Crippen LogP contribution is -2.08. The van der Waals surface area contributed by atoms with Crippen molar-refractivity contribution in [2.75, 3.05) is 7.11 Å². The first-order valence-corrected chi connectivity index (χ1v) is 4.36. The molecular weight excluding hydrogens is 204 g/mol. The van der Waals surface area contributed by atoms with E-state index in [0.717, 1.165) is 0 Å². The van der Waals surface area contributed by atoms with Crippen LogP contribution < -0.4 is 0 Å². The second-order valence-electron chi connectivity index (χ2n) is 3.05. The molecule has 0 aliphatic carbocycles. The first kappa shape index (κ1) is 11.6. The molecule has 0 amide bonds. The standard InChI is InChI=1S/C10H11F2NO2/c1-6-3-4-7(5-8(14)15-2)9(13-6)10(11)12/h3-4,10H,5H2,1-2H3. The van der Waals surface area contributed by atoms with Gasteiger partial charge in [0, 0.05) is 5.69 Å². The second kappa shape index (κ2) is 4.82. The molecule has 0 aliphatic heterocycles. The number of pyridine rings is 1. The molecule has 1 heterocycles. The summed E-state index contributed by atoms with van der Waals surface area (Å²) in [5.74, 6) is -0.553. The van der Waals surface area contributed by atoms with Crippen LogP contribution in [0.3, 0.4) is 0 Å². The Kier molecular flexibility index (Phi) is 3.71. The van der Waals surface area contributed by atoms with Crippen LogP contribution in [0.5, 0.6) is 0 Å². The third-order valence-corrected chi connectivity index (χ3v) is 1.92. The Balaban J connectivity index is 3.00. The Bertz CT molecular complexity index is 366. The SMILES string of the molecule is COC(=O)Cc1ccc(C)nc1C(F)F. The van der Waals surface area contributed by atoms with Crippen molar-refractivity contribution in [3.63, 3.8) is 0 Å². The van der Waals surface area contributed by atoms with E-state index in [9.17, 15) is 13.6 Å². The number of alkyl halides is 2. The van der Waals surface area contributed by atoms with Gasteiger partial charge in [0.2, 0.25) is 0 Å². The first-order chi connectivity index (χ1) is 7.04. The number of hydrogen-bond donors (Lipinski definition) is 0. The van der Waals surface area contributed by atoms with Crippen LogP contribution in [0.15, 0.2) is 12.1 Å². The molecule has 0 saturated heterocycles. The normalized spacial score (nSPS) is 10.5. The van der Waals surface area contributed by atoms with Gasteiger partial charge in [-0.15, -0.1) is 0 Å². The van der Waals surface area contributed by atoms with Crippen LogP contribution in [0.25, 0.3) is 0 Å². The summed E-state index contributed by atoms with van der Waals surface area (Å²) in [6.07, 6.45) is -2.85. The van der Waals surface area contributed by atoms with Crippen molar-refractivity contribution in [3.8, 4) is 0 Å². The summed E-state index contributed by atoms with van der Waals surface area (Å²) in [4.78, 5) is 14.6. The number of esters is 1. The number of carbonyl (C=O) groups is 1. The molecular formula is C10H11F2NO2. The van der Waals surface area contributed by atoms with Gasteiger partial charge in [-0.2, -0.15) is 0 Å². The predicted octanol–water partition coefficient (Wildman–Crippen LogP) is 2.04. The van der Waals surface area contributed by atoms with Crippen LogP contribution in [-0.2, 0) is 16.0 Å². The van der Waals surface area contributed by atoms with Crippen molar-refractivity contribution in [2.45, 2.75) is 19.8 Å². The Labute approximate surface area is 86.1 Å². The number of aromatic nitrogens is 1. The van der Waals surface area contributed by atoms with E-state index < -0.39 is 12.4 Å². The third kappa shape index (κ3) is 2.97. The van der Waals surface area contributed by atoms with Crippen molar-refractivity contribution in [3.05, 3.63) is 29.1 Å². The van der Waals surface area contributed by atoms with Gasteiger partial charge >= 0.3 is 5.97 Å². The topological polar surface area (TPSA) is 39.2 Å². The summed E-state index contributed by atoms with van der Waals surface area (Å²) in [6.45, 7) is 1.62. The molecule has 0 spiro atoms. The average Bonchev–Trinajstić information content (AvgIpc) is 2.20. The molecule has 82 valence electrons. The fraction of sp³-hybridized carbons (Fsp3) is 0.400. The van der Waals surface area contributed by atoms with Gasteiger partial charge in [0.25, 0.3) is 6.43 Å². The van der Waals surface area contributed by atoms with Crippen LogP contribution in [0.2, 0.25) is 0 Å². The van der Waals surface area contributed by atoms with Crippen LogP contribution >= 0.6 is 0 Å². The molecule has 1 aromatic rings. The van der Waals surface area contributed by atoms with E-state index >= 15 is 0 Å². The molecule has 0 fully saturated rings. The number of methoxy groups -OCH3 is 1. The van der Waals surface area contributed by atoms with Gasteiger partial charge in [-0.3, -0.25) is 9.78 Å². The van der Waals surface area contributed by atoms with Gasteiger partial charge in [-0.05, 0) is 18.6 Å². The number of nitrogens with zero attached hydrogens (tertiary/aromatic N) is 1. The van der Waals surface area contributed by atoms with E-state index in [1.165, 1.54) is 13.2 Å². The van der Waals surface area contributed by atoms with Crippen molar-refractivity contribution < 1.29 is 18.3 Å². The molecule has 0 saturated carbocycles. The highest BCUT2D eigenvalue weighted by Crippen LogP contribution is 2.21. The Morgan fingerprint density at radius 1 is 1.53 bits per heavy atom. The molecule has 15 heavy (non-hydrogen) atoms. The van der Waals surface area contributed by atoms with Gasteiger partial charge in [-0.25, -0.2) is 8.78 Å². The van der Waals surface area contributed by atoms with Crippen LogP contribution in [-0.4, -0.2) is 18.1 Å². The van der Waals surface area contributed by atoms with Crippen molar-refractivity contribution in [1.82, 2.24) is 4.98 Å². The zero-order valence-corrected chi connectivity index (χ0v) is 8.46. The molecule has 0 N–H and O–H groups in total. The largest absolute Gasteiger partial charge is 0.469 e. The fourth-order valence-electron chi connectivity index (χ4n) is 1.17. The van der Waals surface area contributed by atoms with E-state index in [-0.39, 0.29) is 17.7 Å². The quantitative estimate of drug-likeness (QED) is 0.724. The Hall–Kier alpha value is -1.52. The van der Waals surface area contributed by atoms with E-state index in [1.807, 2.05) is 0 Å². The highest BCUT2D eigenvalue weighted by Gasteiger charge is 2.17. The van der Waals surface area contributed by atoms with Gasteiger partial charge < -0.3 is 4.74 Å². The second-order valence-corrected chi connectivity index (χ2v) is 3.05. The fourth-order valence-corrected chi connectivity index (χ4v) is 1.17. The number of carbonyl (C=O) groups excluding carboxylic acids is 1. The molecule has 0 aromatic carbocycles. The maximum Gasteiger partial charge on any atom is 0.310 e. The number of hydrogen-bond acceptors (Lipinski definition) is 3. The van der Waals surface area contributed by atoms with Crippen LogP contribution in [0.1, 0.15) is 23.4 Å². The zero-order valence-electron chi connectivity index (χ0n) is 8.46. The van der Waals surface area contributed by atoms with Gasteiger partial charge in [-0.1, -0.05) is 6.07 Å². The van der Waals surface area contributed by atoms with E-state index in [4.69, 9.17) is 0 Å². The molecule has 1 rings (SSSR count). The van der Waals surface area contributed by atoms with Crippen molar-refractivity contribution >= 4 is 5.97 Å². The smallest absolute Gasteiger partial charge is 0.310 e. The Morgan fingerprint density at radius 3 is 2.73 bits per heavy atom. The van der Waals surface area contributed by atoms with E-state index in [2.05, 4.69) is 9.72 Å². The first-order valence-electron chi connectivity index (χ1n) is 4.36. The highest BCUT2D eigenvalue weighted by molar-refractivity contribution is 5.72. The molecule has 0 bridgehead atoms. The zero-order chi connectivity index (χ0) is 11.4. The van der Waals surface area contributed by atoms with Crippen molar-refractivity contribution in [1.29, 1.82) is 0 Å². The molecule has 0 aliphatic rings. The molecule has 0 unspecified atom stereocenters. The minimum Gasteiger partial charge on any atom is -0.469 e. The monoisotopic (exact) mass is 215 g/mol. The Morgan fingerprint density at radius 2 is 2.20 bits per heavy atom. The predicted molar refractivity (Wildman–Crippen MR) is 49.7 cm³/mol. The van der Waals surface area contributed by atoms with Crippen molar-refractivity contribution in [2.24, 2.45) is 0 Å². The lowest BCUT2D eigenvalue weighted by atomic mass is 10.1. The minimum absolute atomic E-state index is 0.177. The number of rotatable bonds is 3. The number of halogens is 2. The molecule has 0 radical (unpaired) electrons.